The fourth-order valence-electron chi connectivity index (χ4n) is 3.34. The molecular weight excluding hydrogens is 417 g/mol. The van der Waals surface area contributed by atoms with Crippen molar-refractivity contribution in [2.75, 3.05) is 6.61 Å². The zero-order chi connectivity index (χ0) is 23.0. The first-order valence-corrected chi connectivity index (χ1v) is 10.1. The summed E-state index contributed by atoms with van der Waals surface area (Å²) in [7, 11) is 0. The summed E-state index contributed by atoms with van der Waals surface area (Å²) < 4.78 is 33.4. The minimum Gasteiger partial charge on any atom is -0.488 e. The zero-order valence-electron chi connectivity index (χ0n) is 18.2. The molecule has 4 rings (SSSR count). The van der Waals surface area contributed by atoms with E-state index in [1.165, 1.54) is 6.33 Å². The number of nitrogens with zero attached hydrogens (tertiary/aromatic N) is 3. The van der Waals surface area contributed by atoms with Crippen molar-refractivity contribution >= 4 is 22.4 Å². The number of benzene rings is 1. The molecule has 0 fully saturated rings. The Bertz CT molecular complexity index is 1300. The number of halogens is 1. The highest BCUT2D eigenvalue weighted by molar-refractivity contribution is 5.83. The Morgan fingerprint density at radius 3 is 2.81 bits per heavy atom. The number of aromatic nitrogens is 4. The van der Waals surface area contributed by atoms with E-state index in [0.29, 0.717) is 27.7 Å². The molecule has 3 N–H and O–H groups in total. The average Bonchev–Trinajstić information content (AvgIpc) is 3.29. The quantitative estimate of drug-likeness (QED) is 0.422. The van der Waals surface area contributed by atoms with Gasteiger partial charge in [-0.3, -0.25) is 4.79 Å². The van der Waals surface area contributed by atoms with Gasteiger partial charge in [0, 0.05) is 22.2 Å². The summed E-state index contributed by atoms with van der Waals surface area (Å²) >= 11 is 0. The van der Waals surface area contributed by atoms with Gasteiger partial charge in [-0.2, -0.15) is 10.1 Å². The summed E-state index contributed by atoms with van der Waals surface area (Å²) in [5.41, 5.74) is 8.29. The predicted octanol–water partition coefficient (Wildman–Crippen LogP) is 3.42. The minimum atomic E-state index is -0.707. The van der Waals surface area contributed by atoms with E-state index in [0.717, 1.165) is 5.69 Å². The van der Waals surface area contributed by atoms with Crippen molar-refractivity contribution in [3.8, 4) is 17.4 Å². The maximum Gasteiger partial charge on any atom is 0.323 e. The van der Waals surface area contributed by atoms with Gasteiger partial charge in [0.25, 0.3) is 0 Å². The van der Waals surface area contributed by atoms with E-state index in [-0.39, 0.29) is 18.2 Å². The van der Waals surface area contributed by atoms with Crippen LogP contribution < -0.4 is 15.2 Å². The van der Waals surface area contributed by atoms with E-state index in [1.807, 2.05) is 13.8 Å². The van der Waals surface area contributed by atoms with Crippen LogP contribution in [0.1, 0.15) is 25.1 Å². The van der Waals surface area contributed by atoms with Crippen molar-refractivity contribution in [3.05, 3.63) is 47.8 Å². The van der Waals surface area contributed by atoms with Crippen LogP contribution in [0.25, 0.3) is 16.4 Å². The Kier molecular flexibility index (Phi) is 5.70. The van der Waals surface area contributed by atoms with Crippen LogP contribution in [0.2, 0.25) is 0 Å². The fraction of sp³-hybridized carbons (Fsp3) is 0.318. The second-order valence-electron chi connectivity index (χ2n) is 7.72. The molecule has 168 valence electrons. The first-order chi connectivity index (χ1) is 15.2. The highest BCUT2D eigenvalue weighted by Gasteiger charge is 2.19. The van der Waals surface area contributed by atoms with E-state index in [1.54, 1.807) is 42.8 Å². The van der Waals surface area contributed by atoms with E-state index in [9.17, 15) is 9.18 Å². The highest BCUT2D eigenvalue weighted by Crippen LogP contribution is 2.34. The lowest BCUT2D eigenvalue weighted by molar-refractivity contribution is -0.150. The van der Waals surface area contributed by atoms with Crippen LogP contribution in [0, 0.1) is 19.7 Å². The van der Waals surface area contributed by atoms with Crippen LogP contribution in [0.4, 0.5) is 4.39 Å². The third-order valence-electron chi connectivity index (χ3n) is 4.95. The molecule has 10 heteroatoms. The molecule has 9 nitrogen and oxygen atoms in total. The number of fused-ring (bicyclic) bond motifs is 2. The lowest BCUT2D eigenvalue weighted by Crippen LogP contribution is -2.33. The summed E-state index contributed by atoms with van der Waals surface area (Å²) in [6, 6.07) is 4.32. The van der Waals surface area contributed by atoms with Crippen molar-refractivity contribution in [1.82, 2.24) is 19.6 Å². The zero-order valence-corrected chi connectivity index (χ0v) is 18.2. The van der Waals surface area contributed by atoms with E-state index < -0.39 is 23.9 Å². The average molecular weight is 441 g/mol. The van der Waals surface area contributed by atoms with Crippen LogP contribution in [-0.4, -0.2) is 44.3 Å². The Morgan fingerprint density at radius 2 is 2.06 bits per heavy atom. The molecule has 0 saturated carbocycles. The Hall–Kier alpha value is -3.66. The molecule has 0 unspecified atom stereocenters. The van der Waals surface area contributed by atoms with Crippen molar-refractivity contribution in [2.24, 2.45) is 5.73 Å². The van der Waals surface area contributed by atoms with Gasteiger partial charge >= 0.3 is 5.97 Å². The second kappa shape index (κ2) is 8.46. The number of rotatable bonds is 7. The number of nitrogens with two attached hydrogens (primary N) is 1. The molecule has 3 heterocycles. The van der Waals surface area contributed by atoms with E-state index in [4.69, 9.17) is 19.9 Å². The largest absolute Gasteiger partial charge is 0.488 e. The number of aromatic amines is 1. The molecule has 0 bridgehead atoms. The number of ether oxygens (including phenoxy) is 3. The van der Waals surface area contributed by atoms with Crippen LogP contribution in [0.3, 0.4) is 0 Å². The first-order valence-electron chi connectivity index (χ1n) is 10.1. The van der Waals surface area contributed by atoms with Gasteiger partial charge in [-0.15, -0.1) is 0 Å². The van der Waals surface area contributed by atoms with Gasteiger partial charge < -0.3 is 24.9 Å². The van der Waals surface area contributed by atoms with Gasteiger partial charge in [-0.1, -0.05) is 0 Å². The molecule has 0 saturated heterocycles. The normalized spacial score (nSPS) is 13.3. The smallest absolute Gasteiger partial charge is 0.323 e. The van der Waals surface area contributed by atoms with Gasteiger partial charge in [-0.25, -0.2) is 8.91 Å². The maximum atomic E-state index is 15.0. The summed E-state index contributed by atoms with van der Waals surface area (Å²) in [5, 5.41) is 4.63. The monoisotopic (exact) mass is 441 g/mol. The number of aryl methyl sites for hydroxylation is 2. The highest BCUT2D eigenvalue weighted by atomic mass is 19.1. The van der Waals surface area contributed by atoms with Crippen molar-refractivity contribution < 1.29 is 23.4 Å². The van der Waals surface area contributed by atoms with Gasteiger partial charge in [0.1, 0.15) is 36.3 Å². The number of hydrogen-bond donors (Lipinski definition) is 2. The van der Waals surface area contributed by atoms with Crippen LogP contribution in [0.5, 0.6) is 17.4 Å². The lowest BCUT2D eigenvalue weighted by atomic mass is 10.2. The minimum absolute atomic E-state index is 0.0524. The number of carbonyl (C=O) groups is 1. The van der Waals surface area contributed by atoms with E-state index >= 15 is 0 Å². The molecule has 32 heavy (non-hydrogen) atoms. The first kappa shape index (κ1) is 21.6. The van der Waals surface area contributed by atoms with Crippen LogP contribution in [0.15, 0.2) is 30.7 Å². The Balaban J connectivity index is 1.58. The number of carbonyl (C=O) groups excluding carboxylic acids is 1. The molecule has 0 radical (unpaired) electrons. The number of nitrogens with one attached hydrogen (secondary N) is 1. The van der Waals surface area contributed by atoms with E-state index in [2.05, 4.69) is 15.1 Å². The molecule has 0 aliphatic rings. The third kappa shape index (κ3) is 4.09. The summed E-state index contributed by atoms with van der Waals surface area (Å²) in [6.45, 7) is 7.06. The summed E-state index contributed by atoms with van der Waals surface area (Å²) in [5.74, 6) is -0.228. The third-order valence-corrected chi connectivity index (χ3v) is 4.95. The van der Waals surface area contributed by atoms with Crippen LogP contribution >= 0.6 is 0 Å². The number of H-pyrrole nitrogens is 1. The van der Waals surface area contributed by atoms with Crippen LogP contribution in [-0.2, 0) is 9.53 Å². The van der Waals surface area contributed by atoms with Crippen molar-refractivity contribution in [2.45, 2.75) is 39.8 Å². The van der Waals surface area contributed by atoms with Gasteiger partial charge in [0.2, 0.25) is 5.88 Å². The second-order valence-corrected chi connectivity index (χ2v) is 7.72. The van der Waals surface area contributed by atoms with Gasteiger partial charge in [-0.05, 0) is 45.9 Å². The Labute approximate surface area is 183 Å². The predicted molar refractivity (Wildman–Crippen MR) is 115 cm³/mol. The SMILES string of the molecule is Cc1cc2c(F)c(Oc3ncnn4cc(OC[C@@H](C)OC(=O)[C@@H](C)N)c(C)c34)ccc2[nH]1. The molecule has 0 spiro atoms. The lowest BCUT2D eigenvalue weighted by Gasteiger charge is -2.15. The van der Waals surface area contributed by atoms with Crippen molar-refractivity contribution in [1.29, 1.82) is 0 Å². The molecular formula is C22H24FN5O4. The standard InChI is InChI=1S/C22H24FN5O4/c1-11-7-15-16(27-11)5-6-17(19(15)23)32-21-20-13(3)18(8-28(20)26-10-25-21)30-9-12(2)31-22(29)14(4)24/h5-8,10,12,14,27H,9,24H2,1-4H3/t12-,14-/m1/s1. The van der Waals surface area contributed by atoms with Crippen molar-refractivity contribution in [3.63, 3.8) is 0 Å². The van der Waals surface area contributed by atoms with Gasteiger partial charge in [0.05, 0.1) is 6.20 Å². The number of esters is 1. The fourth-order valence-corrected chi connectivity index (χ4v) is 3.34. The number of hydrogen-bond acceptors (Lipinski definition) is 7. The Morgan fingerprint density at radius 1 is 1.28 bits per heavy atom. The molecule has 0 amide bonds. The molecule has 1 aromatic carbocycles. The molecule has 0 aliphatic carbocycles. The molecule has 3 aromatic heterocycles. The topological polar surface area (TPSA) is 117 Å². The summed E-state index contributed by atoms with van der Waals surface area (Å²) in [6.07, 6.45) is 2.48. The maximum absolute atomic E-state index is 15.0. The molecule has 0 aliphatic heterocycles. The molecule has 4 aromatic rings. The summed E-state index contributed by atoms with van der Waals surface area (Å²) in [4.78, 5) is 18.9. The molecule has 2 atom stereocenters. The van der Waals surface area contributed by atoms with Gasteiger partial charge in [0.15, 0.2) is 11.6 Å².